The van der Waals surface area contributed by atoms with E-state index in [1.165, 1.54) is 4.90 Å². The minimum Gasteiger partial charge on any atom is -0.310 e. The van der Waals surface area contributed by atoms with Crippen LogP contribution in [-0.2, 0) is 0 Å². The van der Waals surface area contributed by atoms with E-state index in [0.29, 0.717) is 11.1 Å². The number of benzene rings is 8. The van der Waals surface area contributed by atoms with Crippen LogP contribution in [-0.4, -0.2) is 0 Å². The number of hydrogen-bond donors (Lipinski definition) is 0. The van der Waals surface area contributed by atoms with Crippen molar-refractivity contribution in [2.75, 3.05) is 4.90 Å². The smallest absolute Gasteiger partial charge is 0.0651 e. The first kappa shape index (κ1) is 16.2. The Labute approximate surface area is 282 Å². The summed E-state index contributed by atoms with van der Waals surface area (Å²) in [6.45, 7) is 0. The molecule has 0 aromatic heterocycles. The predicted molar refractivity (Wildman–Crippen MR) is 192 cm³/mol. The predicted octanol–water partition coefficient (Wildman–Crippen LogP) is 12.5. The second-order valence-corrected chi connectivity index (χ2v) is 10.4. The van der Waals surface area contributed by atoms with E-state index in [1.54, 1.807) is 30.3 Å². The van der Waals surface area contributed by atoms with Crippen molar-refractivity contribution in [2.45, 2.75) is 0 Å². The van der Waals surface area contributed by atoms with Crippen LogP contribution in [0.2, 0.25) is 0 Å². The van der Waals surface area contributed by atoms with Crippen LogP contribution in [0.4, 0.5) is 17.1 Å². The molecule has 8 aromatic rings. The fourth-order valence-electron chi connectivity index (χ4n) is 5.51. The molecule has 0 aliphatic rings. The van der Waals surface area contributed by atoms with Crippen molar-refractivity contribution >= 4 is 38.6 Å². The Morgan fingerprint density at radius 3 is 1.96 bits per heavy atom. The van der Waals surface area contributed by atoms with Crippen molar-refractivity contribution in [2.24, 2.45) is 0 Å². The molecule has 0 saturated carbocycles. The summed E-state index contributed by atoms with van der Waals surface area (Å²) >= 11 is 0. The summed E-state index contributed by atoms with van der Waals surface area (Å²) < 4.78 is 116. The number of anilines is 3. The van der Waals surface area contributed by atoms with Gasteiger partial charge in [-0.1, -0.05) is 145 Å². The molecule has 0 spiro atoms. The number of rotatable bonds is 6. The first-order valence-electron chi connectivity index (χ1n) is 20.9. The summed E-state index contributed by atoms with van der Waals surface area (Å²) in [5, 5.41) is 3.61. The normalized spacial score (nSPS) is 15.2. The van der Waals surface area contributed by atoms with Gasteiger partial charge in [-0.15, -0.1) is 0 Å². The Bertz CT molecular complexity index is 2950. The molecule has 0 aliphatic carbocycles. The molecule has 45 heavy (non-hydrogen) atoms. The lowest BCUT2D eigenvalue weighted by atomic mass is 9.97. The molecular formula is C44H31N. The van der Waals surface area contributed by atoms with E-state index in [-0.39, 0.29) is 29.0 Å². The van der Waals surface area contributed by atoms with Crippen LogP contribution in [0, 0.1) is 0 Å². The van der Waals surface area contributed by atoms with E-state index in [9.17, 15) is 8.22 Å². The highest BCUT2D eigenvalue weighted by Gasteiger charge is 2.15. The van der Waals surface area contributed by atoms with Gasteiger partial charge in [0.1, 0.15) is 0 Å². The maximum absolute atomic E-state index is 9.68. The van der Waals surface area contributed by atoms with Crippen LogP contribution in [0.15, 0.2) is 188 Å². The molecule has 0 bridgehead atoms. The third-order valence-corrected chi connectivity index (χ3v) is 7.66. The van der Waals surface area contributed by atoms with Gasteiger partial charge < -0.3 is 4.90 Å². The summed E-state index contributed by atoms with van der Waals surface area (Å²) in [6.07, 6.45) is 0. The van der Waals surface area contributed by atoms with Crippen molar-refractivity contribution in [1.82, 2.24) is 0 Å². The van der Waals surface area contributed by atoms with Gasteiger partial charge >= 0.3 is 0 Å². The molecule has 0 saturated heterocycles. The molecule has 1 nitrogen and oxygen atoms in total. The molecule has 0 radical (unpaired) electrons. The van der Waals surface area contributed by atoms with Crippen LogP contribution in [0.25, 0.3) is 54.9 Å². The van der Waals surface area contributed by atoms with Gasteiger partial charge in [-0.25, -0.2) is 0 Å². The maximum atomic E-state index is 9.68. The van der Waals surface area contributed by atoms with Crippen LogP contribution in [0.1, 0.15) is 17.8 Å². The Morgan fingerprint density at radius 1 is 0.378 bits per heavy atom. The first-order chi connectivity index (χ1) is 27.7. The Hall–Kier alpha value is -5.92. The minimum absolute atomic E-state index is 0.0166. The third-order valence-electron chi connectivity index (χ3n) is 7.66. The maximum Gasteiger partial charge on any atom is 0.0651 e. The lowest BCUT2D eigenvalue weighted by Gasteiger charge is -2.27. The Kier molecular flexibility index (Phi) is 4.20. The molecular weight excluding hydrogens is 542 g/mol. The van der Waals surface area contributed by atoms with E-state index in [4.69, 9.17) is 9.60 Å². The molecule has 1 heteroatoms. The second kappa shape index (κ2) is 11.6. The van der Waals surface area contributed by atoms with Gasteiger partial charge in [0.2, 0.25) is 0 Å². The fourth-order valence-corrected chi connectivity index (χ4v) is 5.51. The van der Waals surface area contributed by atoms with Crippen LogP contribution in [0.3, 0.4) is 0 Å². The third kappa shape index (κ3) is 5.26. The number of hydrogen-bond acceptors (Lipinski definition) is 1. The minimum atomic E-state index is -0.722. The highest BCUT2D eigenvalue weighted by Crippen LogP contribution is 2.40. The summed E-state index contributed by atoms with van der Waals surface area (Å²) in [5.41, 5.74) is 0.440. The molecule has 212 valence electrons. The van der Waals surface area contributed by atoms with E-state index in [2.05, 4.69) is 0 Å². The molecule has 0 aliphatic heterocycles. The SMILES string of the molecule is [2H]c1c([2H])c([2H])c(-c2c([2H])c([2H])c(N(c3cccc(-c4cccc5ccccc45)c3)c3c([2H])c([2H])c([2H])c(-c4ccc5ccccc5c4)c3[2H])c([2H])c2[2H])c([2H])c1[2H]. The van der Waals surface area contributed by atoms with Gasteiger partial charge in [-0.2, -0.15) is 0 Å². The largest absolute Gasteiger partial charge is 0.310 e. The van der Waals surface area contributed by atoms with Gasteiger partial charge in [0.15, 0.2) is 0 Å². The van der Waals surface area contributed by atoms with E-state index in [1.807, 2.05) is 78.9 Å². The summed E-state index contributed by atoms with van der Waals surface area (Å²) in [5.74, 6) is 0. The van der Waals surface area contributed by atoms with Crippen LogP contribution in [0.5, 0.6) is 0 Å². The molecule has 0 unspecified atom stereocenters. The van der Waals surface area contributed by atoms with Crippen molar-refractivity contribution in [3.8, 4) is 33.4 Å². The molecule has 0 amide bonds. The lowest BCUT2D eigenvalue weighted by Crippen LogP contribution is -2.10. The van der Waals surface area contributed by atoms with Gasteiger partial charge in [0.25, 0.3) is 0 Å². The Balaban J connectivity index is 1.46. The monoisotopic (exact) mass is 586 g/mol. The fraction of sp³-hybridized carbons (Fsp3) is 0. The zero-order valence-corrected chi connectivity index (χ0v) is 23.8. The standard InChI is InChI=1S/C44H31N/c1-2-11-32(12-3-1)34-25-27-40(28-26-34)45(41-19-8-17-37(30-41)38-24-23-33-13-4-5-15-36(33)29-38)42-20-9-18-39(31-42)44-22-10-16-35-14-6-7-21-43(35)44/h1-31H/i1D,2D,3D,8D,11D,12D,17D,19D,25D,26D,27D,28D,30D. The lowest BCUT2D eigenvalue weighted by molar-refractivity contribution is 1.28. The summed E-state index contributed by atoms with van der Waals surface area (Å²) in [4.78, 5) is 1.23. The average molecular weight is 587 g/mol. The topological polar surface area (TPSA) is 3.24 Å². The number of fused-ring (bicyclic) bond motifs is 2. The van der Waals surface area contributed by atoms with Gasteiger partial charge in [0.05, 0.1) is 17.8 Å². The molecule has 8 aromatic carbocycles. The van der Waals surface area contributed by atoms with E-state index in [0.717, 1.165) is 27.1 Å². The Morgan fingerprint density at radius 2 is 1.09 bits per heavy atom. The highest BCUT2D eigenvalue weighted by atomic mass is 15.1. The molecule has 0 heterocycles. The zero-order valence-electron chi connectivity index (χ0n) is 36.8. The summed E-state index contributed by atoms with van der Waals surface area (Å²) in [6, 6.07) is 25.2. The van der Waals surface area contributed by atoms with E-state index >= 15 is 0 Å². The quantitative estimate of drug-likeness (QED) is 0.187. The molecule has 8 rings (SSSR count). The number of nitrogens with zero attached hydrogens (tertiary/aromatic N) is 1. The molecule has 0 N–H and O–H groups in total. The van der Waals surface area contributed by atoms with Gasteiger partial charge in [0, 0.05) is 17.1 Å². The zero-order chi connectivity index (χ0) is 41.3. The van der Waals surface area contributed by atoms with Crippen molar-refractivity contribution in [3.63, 3.8) is 0 Å². The van der Waals surface area contributed by atoms with Crippen LogP contribution >= 0.6 is 0 Å². The van der Waals surface area contributed by atoms with Gasteiger partial charge in [-0.3, -0.25) is 0 Å². The van der Waals surface area contributed by atoms with Crippen molar-refractivity contribution in [1.29, 1.82) is 0 Å². The molecule has 0 atom stereocenters. The highest BCUT2D eigenvalue weighted by molar-refractivity contribution is 5.97. The summed E-state index contributed by atoms with van der Waals surface area (Å²) in [7, 11) is 0. The van der Waals surface area contributed by atoms with Gasteiger partial charge in [-0.05, 0) is 97.3 Å². The van der Waals surface area contributed by atoms with E-state index < -0.39 is 83.3 Å². The first-order valence-corrected chi connectivity index (χ1v) is 14.4. The van der Waals surface area contributed by atoms with Crippen molar-refractivity contribution in [3.05, 3.63) is 188 Å². The second-order valence-electron chi connectivity index (χ2n) is 10.4. The average Bonchev–Trinajstić information content (AvgIpc) is 3.24. The van der Waals surface area contributed by atoms with Crippen molar-refractivity contribution < 1.29 is 17.8 Å². The molecule has 0 fully saturated rings. The van der Waals surface area contributed by atoms with Crippen LogP contribution < -0.4 is 4.90 Å².